The maximum atomic E-state index is 13.3. The van der Waals surface area contributed by atoms with Gasteiger partial charge in [-0.05, 0) is 49.0 Å². The van der Waals surface area contributed by atoms with Crippen LogP contribution in [-0.4, -0.2) is 49.0 Å². The molecular weight excluding hydrogens is 368 g/mol. The monoisotopic (exact) mass is 394 g/mol. The van der Waals surface area contributed by atoms with Crippen molar-refractivity contribution in [1.82, 2.24) is 9.80 Å². The quantitative estimate of drug-likeness (QED) is 0.797. The van der Waals surface area contributed by atoms with Crippen LogP contribution in [0.4, 0.5) is 11.4 Å². The SMILES string of the molecule is CC1=C(C(=O)Nc2ccccc2)C(c2ccc(N(C)C)cc2)N(C)C(=S)N1C. The molecule has 1 amide bonds. The Morgan fingerprint density at radius 3 is 2.21 bits per heavy atom. The molecule has 28 heavy (non-hydrogen) atoms. The molecule has 0 fully saturated rings. The molecule has 0 saturated heterocycles. The Bertz CT molecular complexity index is 906. The van der Waals surface area contributed by atoms with E-state index in [9.17, 15) is 4.79 Å². The first-order valence-electron chi connectivity index (χ1n) is 9.16. The molecule has 1 unspecified atom stereocenters. The number of anilines is 2. The van der Waals surface area contributed by atoms with E-state index in [1.54, 1.807) is 0 Å². The number of amides is 1. The predicted octanol–water partition coefficient (Wildman–Crippen LogP) is 3.87. The van der Waals surface area contributed by atoms with Crippen LogP contribution in [0, 0.1) is 0 Å². The Hall–Kier alpha value is -2.86. The number of hydrogen-bond donors (Lipinski definition) is 1. The van der Waals surface area contributed by atoms with Crippen molar-refractivity contribution in [2.45, 2.75) is 13.0 Å². The molecule has 146 valence electrons. The van der Waals surface area contributed by atoms with Crippen molar-refractivity contribution < 1.29 is 4.79 Å². The van der Waals surface area contributed by atoms with Crippen molar-refractivity contribution in [2.75, 3.05) is 38.4 Å². The highest BCUT2D eigenvalue weighted by Crippen LogP contribution is 2.36. The summed E-state index contributed by atoms with van der Waals surface area (Å²) in [7, 11) is 7.85. The van der Waals surface area contributed by atoms with Gasteiger partial charge in [0.2, 0.25) is 0 Å². The lowest BCUT2D eigenvalue weighted by atomic mass is 9.93. The van der Waals surface area contributed by atoms with E-state index in [1.807, 2.05) is 75.2 Å². The van der Waals surface area contributed by atoms with Crippen molar-refractivity contribution in [2.24, 2.45) is 0 Å². The predicted molar refractivity (Wildman–Crippen MR) is 119 cm³/mol. The number of thiocarbonyl (C=S) groups is 1. The third-order valence-corrected chi connectivity index (χ3v) is 5.71. The second kappa shape index (κ2) is 8.02. The third-order valence-electron chi connectivity index (χ3n) is 5.14. The molecule has 0 radical (unpaired) electrons. The van der Waals surface area contributed by atoms with Crippen LogP contribution in [0.3, 0.4) is 0 Å². The van der Waals surface area contributed by atoms with Crippen molar-refractivity contribution >= 4 is 34.6 Å². The molecule has 0 spiro atoms. The topological polar surface area (TPSA) is 38.8 Å². The fourth-order valence-corrected chi connectivity index (χ4v) is 3.66. The Morgan fingerprint density at radius 2 is 1.64 bits per heavy atom. The molecule has 3 rings (SSSR count). The number of carbonyl (C=O) groups is 1. The molecule has 2 aromatic rings. The largest absolute Gasteiger partial charge is 0.378 e. The highest BCUT2D eigenvalue weighted by atomic mass is 32.1. The number of hydrogen-bond acceptors (Lipinski definition) is 3. The fraction of sp³-hybridized carbons (Fsp3) is 0.273. The average molecular weight is 395 g/mol. The van der Waals surface area contributed by atoms with Gasteiger partial charge in [0.1, 0.15) is 0 Å². The van der Waals surface area contributed by atoms with E-state index < -0.39 is 0 Å². The molecule has 6 heteroatoms. The van der Waals surface area contributed by atoms with E-state index >= 15 is 0 Å². The minimum atomic E-state index is -0.247. The zero-order valence-corrected chi connectivity index (χ0v) is 17.7. The summed E-state index contributed by atoms with van der Waals surface area (Å²) in [4.78, 5) is 19.2. The van der Waals surface area contributed by atoms with Gasteiger partial charge < -0.3 is 20.0 Å². The highest BCUT2D eigenvalue weighted by Gasteiger charge is 2.36. The Labute approximate surface area is 172 Å². The number of allylic oxidation sites excluding steroid dienone is 1. The first-order chi connectivity index (χ1) is 13.3. The summed E-state index contributed by atoms with van der Waals surface area (Å²) in [5.41, 5.74) is 4.46. The molecule has 1 aliphatic heterocycles. The Balaban J connectivity index is 2.03. The van der Waals surface area contributed by atoms with Crippen LogP contribution in [-0.2, 0) is 4.79 Å². The first kappa shape index (κ1) is 19.9. The summed E-state index contributed by atoms with van der Waals surface area (Å²) in [6, 6.07) is 17.5. The van der Waals surface area contributed by atoms with Crippen LogP contribution >= 0.6 is 12.2 Å². The molecular formula is C22H26N4OS. The van der Waals surface area contributed by atoms with Crippen LogP contribution in [0.1, 0.15) is 18.5 Å². The molecule has 1 atom stereocenters. The van der Waals surface area contributed by atoms with Gasteiger partial charge in [-0.2, -0.15) is 0 Å². The third kappa shape index (κ3) is 3.73. The fourth-order valence-electron chi connectivity index (χ4n) is 3.42. The maximum Gasteiger partial charge on any atom is 0.255 e. The smallest absolute Gasteiger partial charge is 0.255 e. The number of nitrogens with one attached hydrogen (secondary N) is 1. The molecule has 1 N–H and O–H groups in total. The molecule has 1 aliphatic rings. The van der Waals surface area contributed by atoms with Crippen molar-refractivity contribution in [1.29, 1.82) is 0 Å². The summed E-state index contributed by atoms with van der Waals surface area (Å²) in [6.45, 7) is 1.94. The lowest BCUT2D eigenvalue weighted by Crippen LogP contribution is -2.47. The van der Waals surface area contributed by atoms with Crippen LogP contribution in [0.15, 0.2) is 65.9 Å². The summed E-state index contributed by atoms with van der Waals surface area (Å²) in [5.74, 6) is -0.119. The van der Waals surface area contributed by atoms with E-state index in [1.165, 1.54) is 0 Å². The molecule has 0 bridgehead atoms. The minimum Gasteiger partial charge on any atom is -0.378 e. The molecule has 2 aromatic carbocycles. The number of carbonyl (C=O) groups excluding carboxylic acids is 1. The van der Waals surface area contributed by atoms with E-state index in [0.717, 1.165) is 22.6 Å². The maximum absolute atomic E-state index is 13.3. The zero-order chi connectivity index (χ0) is 20.4. The average Bonchev–Trinajstić information content (AvgIpc) is 2.69. The Morgan fingerprint density at radius 1 is 1.04 bits per heavy atom. The number of nitrogens with zero attached hydrogens (tertiary/aromatic N) is 3. The second-order valence-corrected chi connectivity index (χ2v) is 7.53. The van der Waals surface area contributed by atoms with Gasteiger partial charge in [-0.25, -0.2) is 0 Å². The van der Waals surface area contributed by atoms with Crippen LogP contribution in [0.25, 0.3) is 0 Å². The molecule has 1 heterocycles. The van der Waals surface area contributed by atoms with Gasteiger partial charge >= 0.3 is 0 Å². The van der Waals surface area contributed by atoms with E-state index in [0.29, 0.717) is 10.7 Å². The van der Waals surface area contributed by atoms with E-state index in [4.69, 9.17) is 12.2 Å². The number of para-hydroxylation sites is 1. The summed E-state index contributed by atoms with van der Waals surface area (Å²) < 4.78 is 0. The van der Waals surface area contributed by atoms with E-state index in [-0.39, 0.29) is 11.9 Å². The second-order valence-electron chi connectivity index (χ2n) is 7.16. The lowest BCUT2D eigenvalue weighted by Gasteiger charge is -2.42. The lowest BCUT2D eigenvalue weighted by molar-refractivity contribution is -0.113. The van der Waals surface area contributed by atoms with Crippen molar-refractivity contribution in [3.05, 3.63) is 71.4 Å². The standard InChI is InChI=1S/C22H26N4OS/c1-15-19(21(27)23-17-9-7-6-8-10-17)20(26(5)22(28)25(15)4)16-11-13-18(14-12-16)24(2)3/h6-14,20H,1-5H3,(H,23,27). The van der Waals surface area contributed by atoms with Gasteiger partial charge in [0.05, 0.1) is 11.6 Å². The molecule has 0 aromatic heterocycles. The first-order valence-corrected chi connectivity index (χ1v) is 9.57. The van der Waals surface area contributed by atoms with Gasteiger partial charge in [0.25, 0.3) is 5.91 Å². The van der Waals surface area contributed by atoms with Crippen LogP contribution in [0.5, 0.6) is 0 Å². The van der Waals surface area contributed by atoms with Gasteiger partial charge in [0, 0.05) is 45.3 Å². The summed E-state index contributed by atoms with van der Waals surface area (Å²) in [5, 5.41) is 3.72. The normalized spacial score (nSPS) is 17.0. The zero-order valence-electron chi connectivity index (χ0n) is 16.9. The van der Waals surface area contributed by atoms with Crippen molar-refractivity contribution in [3.63, 3.8) is 0 Å². The van der Waals surface area contributed by atoms with Crippen LogP contribution < -0.4 is 10.2 Å². The molecule has 0 aliphatic carbocycles. The number of benzene rings is 2. The summed E-state index contributed by atoms with van der Waals surface area (Å²) in [6.07, 6.45) is 0. The van der Waals surface area contributed by atoms with Gasteiger partial charge in [-0.3, -0.25) is 4.79 Å². The summed E-state index contributed by atoms with van der Waals surface area (Å²) >= 11 is 5.62. The Kier molecular flexibility index (Phi) is 5.70. The van der Waals surface area contributed by atoms with E-state index in [2.05, 4.69) is 34.5 Å². The van der Waals surface area contributed by atoms with Crippen LogP contribution in [0.2, 0.25) is 0 Å². The van der Waals surface area contributed by atoms with Gasteiger partial charge in [0.15, 0.2) is 5.11 Å². The van der Waals surface area contributed by atoms with Gasteiger partial charge in [-0.1, -0.05) is 30.3 Å². The molecule has 5 nitrogen and oxygen atoms in total. The van der Waals surface area contributed by atoms with Gasteiger partial charge in [-0.15, -0.1) is 0 Å². The minimum absolute atomic E-state index is 0.119. The number of rotatable bonds is 4. The number of likely N-dealkylation sites (N-methyl/N-ethyl adjacent to an activating group) is 1. The highest BCUT2D eigenvalue weighted by molar-refractivity contribution is 7.80. The van der Waals surface area contributed by atoms with Crippen molar-refractivity contribution in [3.8, 4) is 0 Å². The molecule has 0 saturated carbocycles.